The Morgan fingerprint density at radius 2 is 1.73 bits per heavy atom. The van der Waals surface area contributed by atoms with Gasteiger partial charge in [0, 0.05) is 12.0 Å². The average Bonchev–Trinajstić information content (AvgIpc) is 2.28. The number of carbonyl (C=O) groups is 2. The smallest absolute Gasteiger partial charge is 0.338 e. The van der Waals surface area contributed by atoms with E-state index in [4.69, 9.17) is 4.74 Å². The number of hydrogen-bond acceptors (Lipinski definition) is 3. The second kappa shape index (κ2) is 5.29. The molecule has 0 radical (unpaired) electrons. The Balaban J connectivity index is 3.06. The average molecular weight is 206 g/mol. The lowest BCUT2D eigenvalue weighted by Crippen LogP contribution is -2.11. The molecule has 3 nitrogen and oxygen atoms in total. The lowest BCUT2D eigenvalue weighted by atomic mass is 10.0. The lowest BCUT2D eigenvalue weighted by Gasteiger charge is -2.06. The van der Waals surface area contributed by atoms with E-state index in [1.54, 1.807) is 38.1 Å². The first kappa shape index (κ1) is 11.4. The van der Waals surface area contributed by atoms with Gasteiger partial charge in [0.25, 0.3) is 0 Å². The molecule has 3 heteroatoms. The number of ketones is 1. The fourth-order valence-corrected chi connectivity index (χ4v) is 1.30. The third-order valence-electron chi connectivity index (χ3n) is 2.04. The number of esters is 1. The van der Waals surface area contributed by atoms with Crippen LogP contribution in [0, 0.1) is 0 Å². The van der Waals surface area contributed by atoms with E-state index in [9.17, 15) is 9.59 Å². The molecule has 0 atom stereocenters. The highest BCUT2D eigenvalue weighted by Gasteiger charge is 2.15. The molecule has 0 fully saturated rings. The molecule has 1 aromatic rings. The van der Waals surface area contributed by atoms with E-state index in [2.05, 4.69) is 0 Å². The Bertz CT molecular complexity index is 369. The quantitative estimate of drug-likeness (QED) is 0.561. The van der Waals surface area contributed by atoms with Gasteiger partial charge in [0.15, 0.2) is 5.78 Å². The van der Waals surface area contributed by atoms with Crippen LogP contribution in [-0.2, 0) is 4.74 Å². The molecule has 0 amide bonds. The number of ether oxygens (including phenoxy) is 1. The Morgan fingerprint density at radius 3 is 2.27 bits per heavy atom. The van der Waals surface area contributed by atoms with E-state index >= 15 is 0 Å². The van der Waals surface area contributed by atoms with Crippen LogP contribution >= 0.6 is 0 Å². The molecular formula is C12H14O3. The minimum Gasteiger partial charge on any atom is -0.462 e. The minimum absolute atomic E-state index is 0.0429. The number of benzene rings is 1. The first-order chi connectivity index (χ1) is 7.20. The zero-order valence-electron chi connectivity index (χ0n) is 8.95. The van der Waals surface area contributed by atoms with Crippen molar-refractivity contribution in [1.29, 1.82) is 0 Å². The maximum Gasteiger partial charge on any atom is 0.338 e. The maximum absolute atomic E-state index is 11.5. The summed E-state index contributed by atoms with van der Waals surface area (Å²) in [6, 6.07) is 6.73. The molecule has 0 aromatic heterocycles. The number of Topliss-reactive ketones (excluding diaryl/α,β-unsaturated/α-hetero) is 1. The monoisotopic (exact) mass is 206 g/mol. The van der Waals surface area contributed by atoms with Gasteiger partial charge in [0.1, 0.15) is 0 Å². The standard InChI is InChI=1S/C12H14O3/c1-3-11(13)9-7-5-6-8-10(9)12(14)15-4-2/h5-8H,3-4H2,1-2H3. The second-order valence-electron chi connectivity index (χ2n) is 3.04. The van der Waals surface area contributed by atoms with Gasteiger partial charge in [0.05, 0.1) is 12.2 Å². The van der Waals surface area contributed by atoms with Crippen LogP contribution in [0.3, 0.4) is 0 Å². The Hall–Kier alpha value is -1.64. The minimum atomic E-state index is -0.435. The molecule has 15 heavy (non-hydrogen) atoms. The number of carbonyl (C=O) groups excluding carboxylic acids is 2. The van der Waals surface area contributed by atoms with E-state index in [1.807, 2.05) is 0 Å². The van der Waals surface area contributed by atoms with Gasteiger partial charge in [-0.25, -0.2) is 4.79 Å². The molecule has 0 aliphatic rings. The Kier molecular flexibility index (Phi) is 4.03. The van der Waals surface area contributed by atoms with Gasteiger partial charge in [-0.2, -0.15) is 0 Å². The van der Waals surface area contributed by atoms with Crippen LogP contribution in [0.1, 0.15) is 41.0 Å². The molecule has 1 rings (SSSR count). The van der Waals surface area contributed by atoms with Gasteiger partial charge in [0.2, 0.25) is 0 Å². The summed E-state index contributed by atoms with van der Waals surface area (Å²) < 4.78 is 4.87. The van der Waals surface area contributed by atoms with E-state index in [1.165, 1.54) is 0 Å². The third-order valence-corrected chi connectivity index (χ3v) is 2.04. The Morgan fingerprint density at radius 1 is 1.13 bits per heavy atom. The zero-order chi connectivity index (χ0) is 11.3. The van der Waals surface area contributed by atoms with Gasteiger partial charge in [-0.3, -0.25) is 4.79 Å². The molecular weight excluding hydrogens is 192 g/mol. The molecule has 1 aromatic carbocycles. The molecule has 0 heterocycles. The summed E-state index contributed by atoms with van der Waals surface area (Å²) in [4.78, 5) is 23.0. The lowest BCUT2D eigenvalue weighted by molar-refractivity contribution is 0.0523. The Labute approximate surface area is 89.1 Å². The van der Waals surface area contributed by atoms with Crippen molar-refractivity contribution < 1.29 is 14.3 Å². The third kappa shape index (κ3) is 2.65. The van der Waals surface area contributed by atoms with Crippen molar-refractivity contribution >= 4 is 11.8 Å². The molecule has 0 aliphatic carbocycles. The van der Waals surface area contributed by atoms with Crippen molar-refractivity contribution in [3.63, 3.8) is 0 Å². The summed E-state index contributed by atoms with van der Waals surface area (Å²) in [6.07, 6.45) is 0.385. The van der Waals surface area contributed by atoms with Crippen molar-refractivity contribution in [2.45, 2.75) is 20.3 Å². The van der Waals surface area contributed by atoms with Gasteiger partial charge in [-0.05, 0) is 13.0 Å². The van der Waals surface area contributed by atoms with Crippen LogP contribution in [0.5, 0.6) is 0 Å². The maximum atomic E-state index is 11.5. The van der Waals surface area contributed by atoms with Crippen molar-refractivity contribution in [2.24, 2.45) is 0 Å². The summed E-state index contributed by atoms with van der Waals surface area (Å²) in [6.45, 7) is 3.82. The van der Waals surface area contributed by atoms with Crippen LogP contribution in [0.2, 0.25) is 0 Å². The predicted octanol–water partition coefficient (Wildman–Crippen LogP) is 2.46. The fraction of sp³-hybridized carbons (Fsp3) is 0.333. The highest BCUT2D eigenvalue weighted by Crippen LogP contribution is 2.12. The fourth-order valence-electron chi connectivity index (χ4n) is 1.30. The van der Waals surface area contributed by atoms with E-state index in [0.717, 1.165) is 0 Å². The summed E-state index contributed by atoms with van der Waals surface area (Å²) in [5, 5.41) is 0. The van der Waals surface area contributed by atoms with Crippen LogP contribution in [0.25, 0.3) is 0 Å². The van der Waals surface area contributed by atoms with Crippen molar-refractivity contribution in [2.75, 3.05) is 6.61 Å². The number of rotatable bonds is 4. The van der Waals surface area contributed by atoms with Crippen LogP contribution in [0.4, 0.5) is 0 Å². The van der Waals surface area contributed by atoms with Gasteiger partial charge in [-0.1, -0.05) is 25.1 Å². The molecule has 0 N–H and O–H groups in total. The second-order valence-corrected chi connectivity index (χ2v) is 3.04. The molecule has 80 valence electrons. The van der Waals surface area contributed by atoms with E-state index in [-0.39, 0.29) is 5.78 Å². The predicted molar refractivity (Wildman–Crippen MR) is 57.0 cm³/mol. The van der Waals surface area contributed by atoms with Crippen molar-refractivity contribution in [3.05, 3.63) is 35.4 Å². The van der Waals surface area contributed by atoms with Gasteiger partial charge >= 0.3 is 5.97 Å². The topological polar surface area (TPSA) is 43.4 Å². The highest BCUT2D eigenvalue weighted by atomic mass is 16.5. The van der Waals surface area contributed by atoms with Gasteiger partial charge in [-0.15, -0.1) is 0 Å². The van der Waals surface area contributed by atoms with Crippen LogP contribution < -0.4 is 0 Å². The molecule has 0 saturated heterocycles. The summed E-state index contributed by atoms with van der Waals surface area (Å²) >= 11 is 0. The summed E-state index contributed by atoms with van der Waals surface area (Å²) in [5.41, 5.74) is 0.796. The van der Waals surface area contributed by atoms with Crippen LogP contribution in [-0.4, -0.2) is 18.4 Å². The molecule has 0 saturated carbocycles. The van der Waals surface area contributed by atoms with Crippen molar-refractivity contribution in [3.8, 4) is 0 Å². The largest absolute Gasteiger partial charge is 0.462 e. The van der Waals surface area contributed by atoms with E-state index < -0.39 is 5.97 Å². The molecule has 0 aliphatic heterocycles. The first-order valence-corrected chi connectivity index (χ1v) is 5.00. The number of hydrogen-bond donors (Lipinski definition) is 0. The van der Waals surface area contributed by atoms with Gasteiger partial charge < -0.3 is 4.74 Å². The highest BCUT2D eigenvalue weighted by molar-refractivity contribution is 6.06. The first-order valence-electron chi connectivity index (χ1n) is 5.00. The summed E-state index contributed by atoms with van der Waals surface area (Å²) in [7, 11) is 0. The summed E-state index contributed by atoms with van der Waals surface area (Å²) in [5.74, 6) is -0.478. The zero-order valence-corrected chi connectivity index (χ0v) is 8.95. The van der Waals surface area contributed by atoms with E-state index in [0.29, 0.717) is 24.2 Å². The molecule has 0 bridgehead atoms. The molecule has 0 unspecified atom stereocenters. The van der Waals surface area contributed by atoms with Crippen LogP contribution in [0.15, 0.2) is 24.3 Å². The van der Waals surface area contributed by atoms with Crippen molar-refractivity contribution in [1.82, 2.24) is 0 Å². The SMILES string of the molecule is CCOC(=O)c1ccccc1C(=O)CC. The normalized spacial score (nSPS) is 9.73. The molecule has 0 spiro atoms.